The summed E-state index contributed by atoms with van der Waals surface area (Å²) in [4.78, 5) is 9.67. The normalized spacial score (nSPS) is 11.7. The number of rotatable bonds is 2. The van der Waals surface area contributed by atoms with E-state index < -0.39 is 0 Å². The molecule has 0 bridgehead atoms. The minimum absolute atomic E-state index is 0. The minimum Gasteiger partial charge on any atom is -1.00 e. The Labute approximate surface area is 49.5 Å². The predicted molar refractivity (Wildman–Crippen MR) is 23.0 cm³/mol. The second-order valence-electron chi connectivity index (χ2n) is 1.30. The number of quaternary nitrogens is 1. The van der Waals surface area contributed by atoms with Gasteiger partial charge in [0.05, 0.1) is 0 Å². The molecule has 0 radical (unpaired) electrons. The van der Waals surface area contributed by atoms with Crippen LogP contribution in [-0.2, 0) is 4.79 Å². The van der Waals surface area contributed by atoms with Crippen molar-refractivity contribution in [3.8, 4) is 0 Å². The van der Waals surface area contributed by atoms with Crippen molar-refractivity contribution in [2.75, 3.05) is 0 Å². The van der Waals surface area contributed by atoms with E-state index in [1.54, 1.807) is 0 Å². The largest absolute Gasteiger partial charge is 1.00 e. The van der Waals surface area contributed by atoms with Gasteiger partial charge in [0.25, 0.3) is 0 Å². The number of hydrogen-bond acceptors (Lipinski definition) is 1. The van der Waals surface area contributed by atoms with E-state index in [0.29, 0.717) is 0 Å². The molecule has 0 saturated carbocycles. The fraction of sp³-hybridized carbons (Fsp3) is 0.750. The first kappa shape index (κ1) is 10.0. The van der Waals surface area contributed by atoms with Crippen molar-refractivity contribution in [1.29, 1.82) is 0 Å². The summed E-state index contributed by atoms with van der Waals surface area (Å²) in [6.45, 7) is 1.94. The Morgan fingerprint density at radius 3 is 2.29 bits per heavy atom. The van der Waals surface area contributed by atoms with Crippen LogP contribution in [-0.4, -0.2) is 12.3 Å². The van der Waals surface area contributed by atoms with E-state index in [4.69, 9.17) is 0 Å². The van der Waals surface area contributed by atoms with Gasteiger partial charge in [0.15, 0.2) is 6.29 Å². The monoisotopic (exact) mass is 123 g/mol. The molecular weight excluding hydrogens is 114 g/mol. The number of aldehydes is 1. The number of hydrogen-bond donors (Lipinski definition) is 1. The molecule has 0 aromatic rings. The highest BCUT2D eigenvalue weighted by atomic mass is 35.5. The number of carbonyl (C=O) groups is 1. The molecule has 0 aliphatic carbocycles. The van der Waals surface area contributed by atoms with Crippen molar-refractivity contribution in [2.24, 2.45) is 0 Å². The average molecular weight is 124 g/mol. The van der Waals surface area contributed by atoms with E-state index in [1.807, 2.05) is 6.92 Å². The fourth-order valence-corrected chi connectivity index (χ4v) is 0.0962. The first-order chi connectivity index (χ1) is 2.81. The van der Waals surface area contributed by atoms with Crippen LogP contribution in [0.3, 0.4) is 0 Å². The molecule has 1 atom stereocenters. The van der Waals surface area contributed by atoms with Crippen LogP contribution >= 0.6 is 0 Å². The maximum absolute atomic E-state index is 9.67. The maximum atomic E-state index is 9.67. The van der Waals surface area contributed by atoms with Crippen molar-refractivity contribution in [3.05, 3.63) is 0 Å². The van der Waals surface area contributed by atoms with E-state index in [2.05, 4.69) is 5.73 Å². The Morgan fingerprint density at radius 2 is 2.29 bits per heavy atom. The van der Waals surface area contributed by atoms with Gasteiger partial charge in [-0.05, 0) is 0 Å². The van der Waals surface area contributed by atoms with E-state index >= 15 is 0 Å². The highest BCUT2D eigenvalue weighted by Crippen LogP contribution is 1.72. The molecule has 2 nitrogen and oxygen atoms in total. The maximum Gasteiger partial charge on any atom is 0.177 e. The molecule has 0 aromatic heterocycles. The van der Waals surface area contributed by atoms with Gasteiger partial charge in [0, 0.05) is 6.42 Å². The van der Waals surface area contributed by atoms with Crippen molar-refractivity contribution in [3.63, 3.8) is 0 Å². The standard InChI is InChI=1S/C4H9NO.ClH/c1-2-4(5)3-6;/h3-4H,2,5H2,1H3;1H. The first-order valence-electron chi connectivity index (χ1n) is 2.09. The van der Waals surface area contributed by atoms with E-state index in [-0.39, 0.29) is 18.4 Å². The summed E-state index contributed by atoms with van der Waals surface area (Å²) >= 11 is 0. The molecule has 0 aromatic carbocycles. The number of halogens is 1. The van der Waals surface area contributed by atoms with Gasteiger partial charge in [0.1, 0.15) is 6.04 Å². The third kappa shape index (κ3) is 5.92. The fourth-order valence-electron chi connectivity index (χ4n) is 0.0962. The van der Waals surface area contributed by atoms with Crippen molar-refractivity contribution >= 4 is 6.29 Å². The molecule has 1 unspecified atom stereocenters. The number of carbonyl (C=O) groups excluding carboxylic acids is 1. The zero-order valence-electron chi connectivity index (χ0n) is 4.36. The summed E-state index contributed by atoms with van der Waals surface area (Å²) in [6, 6.07) is 0.00463. The summed E-state index contributed by atoms with van der Waals surface area (Å²) in [5.74, 6) is 0. The quantitative estimate of drug-likeness (QED) is 0.377. The molecular formula is C4H10ClNO. The van der Waals surface area contributed by atoms with E-state index in [9.17, 15) is 4.79 Å². The SMILES string of the molecule is CCC([NH3+])C=O.[Cl-]. The van der Waals surface area contributed by atoms with Crippen molar-refractivity contribution in [2.45, 2.75) is 19.4 Å². The van der Waals surface area contributed by atoms with Gasteiger partial charge >= 0.3 is 0 Å². The van der Waals surface area contributed by atoms with Crippen LogP contribution in [0.15, 0.2) is 0 Å². The van der Waals surface area contributed by atoms with Gasteiger partial charge < -0.3 is 18.1 Å². The molecule has 0 saturated heterocycles. The van der Waals surface area contributed by atoms with Crippen LogP contribution in [0, 0.1) is 0 Å². The summed E-state index contributed by atoms with van der Waals surface area (Å²) in [5, 5.41) is 0. The van der Waals surface area contributed by atoms with Gasteiger partial charge in [0.2, 0.25) is 0 Å². The van der Waals surface area contributed by atoms with Gasteiger partial charge in [-0.15, -0.1) is 0 Å². The lowest BCUT2D eigenvalue weighted by Gasteiger charge is -1.86. The van der Waals surface area contributed by atoms with Gasteiger partial charge in [-0.2, -0.15) is 0 Å². The van der Waals surface area contributed by atoms with Crippen LogP contribution in [0.4, 0.5) is 0 Å². The summed E-state index contributed by atoms with van der Waals surface area (Å²) in [5.41, 5.74) is 3.51. The summed E-state index contributed by atoms with van der Waals surface area (Å²) < 4.78 is 0. The zero-order valence-corrected chi connectivity index (χ0v) is 5.11. The van der Waals surface area contributed by atoms with E-state index in [0.717, 1.165) is 12.7 Å². The lowest BCUT2D eigenvalue weighted by molar-refractivity contribution is -0.400. The third-order valence-electron chi connectivity index (χ3n) is 0.717. The van der Waals surface area contributed by atoms with Gasteiger partial charge in [-0.25, -0.2) is 0 Å². The lowest BCUT2D eigenvalue weighted by atomic mass is 10.3. The highest BCUT2D eigenvalue weighted by Gasteiger charge is 1.93. The Bertz CT molecular complexity index is 49.0. The Balaban J connectivity index is 0. The average Bonchev–Trinajstić information content (AvgIpc) is 1.65. The van der Waals surface area contributed by atoms with Crippen molar-refractivity contribution < 1.29 is 22.9 Å². The predicted octanol–water partition coefficient (Wildman–Crippen LogP) is -3.79. The molecule has 0 aliphatic rings. The molecule has 0 amide bonds. The zero-order chi connectivity index (χ0) is 4.99. The van der Waals surface area contributed by atoms with Crippen LogP contribution in [0.1, 0.15) is 13.3 Å². The molecule has 0 heterocycles. The smallest absolute Gasteiger partial charge is 0.177 e. The molecule has 7 heavy (non-hydrogen) atoms. The second kappa shape index (κ2) is 5.92. The van der Waals surface area contributed by atoms with Crippen molar-refractivity contribution in [1.82, 2.24) is 0 Å². The highest BCUT2D eigenvalue weighted by molar-refractivity contribution is 5.54. The van der Waals surface area contributed by atoms with Gasteiger partial charge in [-0.3, -0.25) is 4.79 Å². The Kier molecular flexibility index (Phi) is 8.47. The lowest BCUT2D eigenvalue weighted by Crippen LogP contribution is -3.00. The molecule has 0 aliphatic heterocycles. The van der Waals surface area contributed by atoms with E-state index in [1.165, 1.54) is 0 Å². The molecule has 3 N–H and O–H groups in total. The minimum atomic E-state index is 0. The molecule has 44 valence electrons. The summed E-state index contributed by atoms with van der Waals surface area (Å²) in [6.07, 6.45) is 1.71. The van der Waals surface area contributed by atoms with Crippen LogP contribution in [0.5, 0.6) is 0 Å². The topological polar surface area (TPSA) is 44.7 Å². The summed E-state index contributed by atoms with van der Waals surface area (Å²) in [7, 11) is 0. The molecule has 0 fully saturated rings. The van der Waals surface area contributed by atoms with Gasteiger partial charge in [-0.1, -0.05) is 6.92 Å². The van der Waals surface area contributed by atoms with Crippen LogP contribution < -0.4 is 18.1 Å². The van der Waals surface area contributed by atoms with Crippen LogP contribution in [0.25, 0.3) is 0 Å². The Morgan fingerprint density at radius 1 is 1.86 bits per heavy atom. The van der Waals surface area contributed by atoms with Crippen LogP contribution in [0.2, 0.25) is 0 Å². The first-order valence-corrected chi connectivity index (χ1v) is 2.09. The third-order valence-corrected chi connectivity index (χ3v) is 0.717. The molecule has 0 rings (SSSR count). The Hall–Kier alpha value is -0.0800. The second-order valence-corrected chi connectivity index (χ2v) is 1.30. The molecule has 3 heteroatoms. The molecule has 0 spiro atoms.